The highest BCUT2D eigenvalue weighted by atomic mass is 35.5. The average molecular weight is 520 g/mol. The van der Waals surface area contributed by atoms with E-state index in [1.54, 1.807) is 18.1 Å². The van der Waals surface area contributed by atoms with Gasteiger partial charge in [0.1, 0.15) is 5.56 Å². The molecule has 0 spiro atoms. The molecule has 0 bridgehead atoms. The number of aryl methyl sites for hydroxylation is 2. The van der Waals surface area contributed by atoms with Crippen molar-refractivity contribution in [1.82, 2.24) is 14.4 Å². The Morgan fingerprint density at radius 2 is 1.78 bits per heavy atom. The van der Waals surface area contributed by atoms with Gasteiger partial charge < -0.3 is 14.2 Å². The Kier molecular flexibility index (Phi) is 9.34. The van der Waals surface area contributed by atoms with Crippen molar-refractivity contribution in [3.05, 3.63) is 110 Å². The maximum absolute atomic E-state index is 13.6. The first-order chi connectivity index (χ1) is 18.0. The number of nitrogens with zero attached hydrogens (tertiary/aromatic N) is 3. The lowest BCUT2D eigenvalue weighted by Gasteiger charge is -2.34. The summed E-state index contributed by atoms with van der Waals surface area (Å²) < 4.78 is 7.49. The number of ether oxygens (including phenoxy) is 1. The van der Waals surface area contributed by atoms with E-state index in [1.807, 2.05) is 54.0 Å². The second-order valence-electron chi connectivity index (χ2n) is 9.34. The highest BCUT2D eigenvalue weighted by molar-refractivity contribution is 6.30. The van der Waals surface area contributed by atoms with Gasteiger partial charge in [-0.3, -0.25) is 14.5 Å². The van der Waals surface area contributed by atoms with Crippen molar-refractivity contribution in [2.45, 2.75) is 26.5 Å². The first-order valence-corrected chi connectivity index (χ1v) is 13.0. The number of methoxy groups -OCH3 is 1. The number of hydrogen-bond acceptors (Lipinski definition) is 4. The molecule has 194 valence electrons. The van der Waals surface area contributed by atoms with Crippen molar-refractivity contribution in [3.63, 3.8) is 0 Å². The van der Waals surface area contributed by atoms with E-state index in [0.717, 1.165) is 37.3 Å². The summed E-state index contributed by atoms with van der Waals surface area (Å²) in [4.78, 5) is 30.8. The molecular formula is C30H34ClN3O3. The molecule has 1 saturated heterocycles. The number of hydrogen-bond donors (Lipinski definition) is 0. The minimum Gasteiger partial charge on any atom is -0.378 e. The van der Waals surface area contributed by atoms with Crippen LogP contribution in [0.3, 0.4) is 0 Å². The van der Waals surface area contributed by atoms with Crippen LogP contribution < -0.4 is 5.43 Å². The minimum absolute atomic E-state index is 0.192. The van der Waals surface area contributed by atoms with E-state index in [0.29, 0.717) is 30.4 Å². The van der Waals surface area contributed by atoms with Crippen LogP contribution in [0.1, 0.15) is 32.9 Å². The molecule has 6 nitrogen and oxygen atoms in total. The molecule has 2 heterocycles. The van der Waals surface area contributed by atoms with Crippen LogP contribution in [0.5, 0.6) is 0 Å². The second kappa shape index (κ2) is 12.9. The number of carbonyl (C=O) groups excluding carboxylic acids is 1. The molecule has 1 aromatic heterocycles. The number of carbonyl (C=O) groups is 1. The third-order valence-electron chi connectivity index (χ3n) is 6.77. The normalized spacial score (nSPS) is 14.4. The zero-order chi connectivity index (χ0) is 26.2. The molecule has 0 unspecified atom stereocenters. The molecule has 1 aliphatic rings. The van der Waals surface area contributed by atoms with Crippen LogP contribution in [-0.2, 0) is 24.3 Å². The van der Waals surface area contributed by atoms with Gasteiger partial charge in [0.25, 0.3) is 5.91 Å². The van der Waals surface area contributed by atoms with E-state index in [9.17, 15) is 9.59 Å². The van der Waals surface area contributed by atoms with Crippen LogP contribution in [0.15, 0.2) is 71.5 Å². The van der Waals surface area contributed by atoms with E-state index < -0.39 is 0 Å². The zero-order valence-electron chi connectivity index (χ0n) is 21.5. The molecule has 0 radical (unpaired) electrons. The SMILES string of the molecule is COCc1c(C(=O)N2CCN(CC=Cc3ccccc3)CC2)c(=O)cc(C)n1CCc1cccc(Cl)c1. The van der Waals surface area contributed by atoms with Crippen molar-refractivity contribution < 1.29 is 9.53 Å². The van der Waals surface area contributed by atoms with Gasteiger partial charge in [-0.2, -0.15) is 0 Å². The van der Waals surface area contributed by atoms with Crippen molar-refractivity contribution in [3.8, 4) is 0 Å². The Labute approximate surface area is 223 Å². The van der Waals surface area contributed by atoms with Crippen LogP contribution in [0.4, 0.5) is 0 Å². The summed E-state index contributed by atoms with van der Waals surface area (Å²) in [5, 5.41) is 0.691. The van der Waals surface area contributed by atoms with Crippen LogP contribution in [0, 0.1) is 6.92 Å². The molecule has 0 N–H and O–H groups in total. The molecule has 3 aromatic rings. The topological polar surface area (TPSA) is 54.8 Å². The van der Waals surface area contributed by atoms with Crippen molar-refractivity contribution >= 4 is 23.6 Å². The Balaban J connectivity index is 1.46. The maximum atomic E-state index is 13.6. The Morgan fingerprint density at radius 3 is 2.49 bits per heavy atom. The van der Waals surface area contributed by atoms with E-state index in [1.165, 1.54) is 5.56 Å². The Bertz CT molecular complexity index is 1300. The first kappa shape index (κ1) is 26.9. The molecule has 1 fully saturated rings. The lowest BCUT2D eigenvalue weighted by atomic mass is 10.1. The standard InChI is InChI=1S/C30H34ClN3O3/c1-23-20-28(35)29(27(22-37-2)34(23)15-13-25-10-6-12-26(31)21-25)30(36)33-18-16-32(17-19-33)14-7-11-24-8-4-3-5-9-24/h3-12,20-21H,13-19,22H2,1-2H3. The average Bonchev–Trinajstić information content (AvgIpc) is 2.89. The molecule has 0 saturated carbocycles. The summed E-state index contributed by atoms with van der Waals surface area (Å²) >= 11 is 6.15. The predicted molar refractivity (Wildman–Crippen MR) is 149 cm³/mol. The fraction of sp³-hybridized carbons (Fsp3) is 0.333. The molecule has 1 amide bonds. The lowest BCUT2D eigenvalue weighted by Crippen LogP contribution is -2.49. The number of benzene rings is 2. The zero-order valence-corrected chi connectivity index (χ0v) is 22.3. The number of amides is 1. The summed E-state index contributed by atoms with van der Waals surface area (Å²) in [6.45, 7) is 6.23. The molecule has 0 atom stereocenters. The maximum Gasteiger partial charge on any atom is 0.259 e. The number of pyridine rings is 1. The molecule has 1 aliphatic heterocycles. The third kappa shape index (κ3) is 6.98. The third-order valence-corrected chi connectivity index (χ3v) is 7.00. The minimum atomic E-state index is -0.248. The van der Waals surface area contributed by atoms with Gasteiger partial charge in [-0.1, -0.05) is 66.2 Å². The number of aromatic nitrogens is 1. The van der Waals surface area contributed by atoms with Crippen LogP contribution in [0.25, 0.3) is 6.08 Å². The monoisotopic (exact) mass is 519 g/mol. The fourth-order valence-corrected chi connectivity index (χ4v) is 5.00. The van der Waals surface area contributed by atoms with Gasteiger partial charge in [0.05, 0.1) is 12.3 Å². The summed E-state index contributed by atoms with van der Waals surface area (Å²) in [5.41, 5.74) is 3.68. The summed E-state index contributed by atoms with van der Waals surface area (Å²) in [5.74, 6) is -0.215. The van der Waals surface area contributed by atoms with E-state index in [2.05, 4.69) is 29.2 Å². The molecule has 4 rings (SSSR count). The summed E-state index contributed by atoms with van der Waals surface area (Å²) in [6, 6.07) is 19.5. The van der Waals surface area contributed by atoms with E-state index >= 15 is 0 Å². The smallest absolute Gasteiger partial charge is 0.259 e. The summed E-state index contributed by atoms with van der Waals surface area (Å²) in [7, 11) is 1.59. The van der Waals surface area contributed by atoms with Gasteiger partial charge in [-0.15, -0.1) is 0 Å². The van der Waals surface area contributed by atoms with Gasteiger partial charge in [0.2, 0.25) is 0 Å². The largest absolute Gasteiger partial charge is 0.378 e. The highest BCUT2D eigenvalue weighted by Crippen LogP contribution is 2.17. The van der Waals surface area contributed by atoms with Crippen LogP contribution in [0.2, 0.25) is 5.02 Å². The van der Waals surface area contributed by atoms with Crippen LogP contribution in [-0.4, -0.2) is 60.1 Å². The Hall–Kier alpha value is -3.19. The molecule has 2 aromatic carbocycles. The number of piperazine rings is 1. The number of halogens is 1. The second-order valence-corrected chi connectivity index (χ2v) is 9.78. The molecule has 7 heteroatoms. The fourth-order valence-electron chi connectivity index (χ4n) is 4.78. The Morgan fingerprint density at radius 1 is 1.03 bits per heavy atom. The van der Waals surface area contributed by atoms with Crippen molar-refractivity contribution in [2.75, 3.05) is 39.8 Å². The highest BCUT2D eigenvalue weighted by Gasteiger charge is 2.27. The molecule has 37 heavy (non-hydrogen) atoms. The van der Waals surface area contributed by atoms with Crippen molar-refractivity contribution in [2.24, 2.45) is 0 Å². The van der Waals surface area contributed by atoms with Gasteiger partial charge in [0, 0.05) is 63.2 Å². The molecular weight excluding hydrogens is 486 g/mol. The number of rotatable bonds is 9. The van der Waals surface area contributed by atoms with Gasteiger partial charge >= 0.3 is 0 Å². The predicted octanol–water partition coefficient (Wildman–Crippen LogP) is 4.67. The first-order valence-electron chi connectivity index (χ1n) is 12.7. The summed E-state index contributed by atoms with van der Waals surface area (Å²) in [6.07, 6.45) is 5.00. The van der Waals surface area contributed by atoms with Crippen molar-refractivity contribution in [1.29, 1.82) is 0 Å². The van der Waals surface area contributed by atoms with E-state index in [4.69, 9.17) is 16.3 Å². The lowest BCUT2D eigenvalue weighted by molar-refractivity contribution is 0.0642. The van der Waals surface area contributed by atoms with Gasteiger partial charge in [-0.05, 0) is 36.6 Å². The molecule has 0 aliphatic carbocycles. The van der Waals surface area contributed by atoms with E-state index in [-0.39, 0.29) is 23.5 Å². The quantitative estimate of drug-likeness (QED) is 0.412. The van der Waals surface area contributed by atoms with Crippen LogP contribution >= 0.6 is 11.6 Å². The van der Waals surface area contributed by atoms with Gasteiger partial charge in [-0.25, -0.2) is 0 Å². The van der Waals surface area contributed by atoms with Gasteiger partial charge in [0.15, 0.2) is 5.43 Å².